The molecule has 0 aliphatic heterocycles. The zero-order valence-corrected chi connectivity index (χ0v) is 17.1. The van der Waals surface area contributed by atoms with Gasteiger partial charge >= 0.3 is 0 Å². The van der Waals surface area contributed by atoms with Gasteiger partial charge in [-0.15, -0.1) is 23.2 Å². The van der Waals surface area contributed by atoms with Crippen molar-refractivity contribution >= 4 is 58.0 Å². The van der Waals surface area contributed by atoms with Gasteiger partial charge in [-0.1, -0.05) is 41.9 Å². The van der Waals surface area contributed by atoms with E-state index in [9.17, 15) is 14.7 Å². The van der Waals surface area contributed by atoms with Crippen LogP contribution in [0.5, 0.6) is 11.5 Å². The maximum atomic E-state index is 13.1. The Labute approximate surface area is 176 Å². The predicted molar refractivity (Wildman–Crippen MR) is 106 cm³/mol. The number of benzene rings is 1. The molecule has 0 saturated heterocycles. The van der Waals surface area contributed by atoms with Crippen molar-refractivity contribution in [3.8, 4) is 11.5 Å². The molecule has 1 N–H and O–H groups in total. The topological polar surface area (TPSA) is 63.6 Å². The minimum absolute atomic E-state index is 0.0500. The second kappa shape index (κ2) is 6.85. The summed E-state index contributed by atoms with van der Waals surface area (Å²) in [7, 11) is 1.46. The summed E-state index contributed by atoms with van der Waals surface area (Å²) in [6.07, 6.45) is 3.10. The first kappa shape index (κ1) is 20.3. The highest BCUT2D eigenvalue weighted by atomic mass is 35.5. The normalized spacial score (nSPS) is 30.7. The van der Waals surface area contributed by atoms with Crippen molar-refractivity contribution in [1.82, 2.24) is 0 Å². The molecule has 2 aliphatic carbocycles. The first-order valence-corrected chi connectivity index (χ1v) is 9.36. The highest BCUT2D eigenvalue weighted by Gasteiger charge is 2.68. The smallest absolute Gasteiger partial charge is 0.199 e. The SMILES string of the molecule is C=CC1=CC[C@@]2(Cl)C(=O)C(Cl)=C(Cl)C(=O)[C@@]2(Cl)[C@H]1c1cc(OC)ccc1O. The minimum atomic E-state index is -2.01. The molecule has 0 fully saturated rings. The molecule has 0 bridgehead atoms. The Morgan fingerprint density at radius 2 is 1.85 bits per heavy atom. The Kier molecular flexibility index (Phi) is 5.15. The standard InChI is InChI=1S/C19H14Cl4O4/c1-3-9-6-7-18(22)16(25)14(20)15(21)17(26)19(18,23)13(9)11-8-10(27-2)4-5-12(11)24/h3-6,8,13,24H,1,7H2,2H3/t13-,18-,19+/m1/s1. The van der Waals surface area contributed by atoms with Gasteiger partial charge in [0.1, 0.15) is 31.3 Å². The number of methoxy groups -OCH3 is 1. The number of phenolic OH excluding ortho intramolecular Hbond substituents is 1. The molecule has 0 radical (unpaired) electrons. The summed E-state index contributed by atoms with van der Waals surface area (Å²) in [6.45, 7) is 3.75. The Hall–Kier alpha value is -1.46. The fourth-order valence-electron chi connectivity index (χ4n) is 3.57. The number of ether oxygens (including phenoxy) is 1. The molecule has 1 aromatic rings. The van der Waals surface area contributed by atoms with Gasteiger partial charge in [-0.3, -0.25) is 9.59 Å². The molecular formula is C19H14Cl4O4. The van der Waals surface area contributed by atoms with E-state index in [0.29, 0.717) is 11.3 Å². The van der Waals surface area contributed by atoms with Crippen molar-refractivity contribution in [3.63, 3.8) is 0 Å². The van der Waals surface area contributed by atoms with Gasteiger partial charge in [0, 0.05) is 11.5 Å². The highest BCUT2D eigenvalue weighted by Crippen LogP contribution is 2.60. The molecule has 0 saturated carbocycles. The molecule has 0 spiro atoms. The van der Waals surface area contributed by atoms with E-state index in [0.717, 1.165) is 0 Å². The van der Waals surface area contributed by atoms with Crippen molar-refractivity contribution in [2.45, 2.75) is 22.1 Å². The number of allylic oxidation sites excluding steroid dienone is 5. The van der Waals surface area contributed by atoms with Crippen LogP contribution in [-0.4, -0.2) is 33.5 Å². The fraction of sp³-hybridized carbons (Fsp3) is 0.263. The summed E-state index contributed by atoms with van der Waals surface area (Å²) in [5.41, 5.74) is 0.775. The third-order valence-electron chi connectivity index (χ3n) is 4.99. The average molecular weight is 448 g/mol. The zero-order chi connectivity index (χ0) is 20.1. The Balaban J connectivity index is 2.37. The van der Waals surface area contributed by atoms with Crippen molar-refractivity contribution in [3.05, 3.63) is 58.1 Å². The molecule has 3 rings (SSSR count). The third kappa shape index (κ3) is 2.65. The molecular weight excluding hydrogens is 434 g/mol. The molecule has 0 aromatic heterocycles. The third-order valence-corrected chi connectivity index (χ3v) is 7.24. The molecule has 3 atom stereocenters. The quantitative estimate of drug-likeness (QED) is 0.676. The lowest BCUT2D eigenvalue weighted by molar-refractivity contribution is -0.127. The summed E-state index contributed by atoms with van der Waals surface area (Å²) < 4.78 is 5.21. The van der Waals surface area contributed by atoms with Crippen LogP contribution in [0.15, 0.2) is 52.6 Å². The first-order chi connectivity index (χ1) is 12.6. The summed E-state index contributed by atoms with van der Waals surface area (Å²) in [5.74, 6) is -2.26. The second-order valence-corrected chi connectivity index (χ2v) is 8.27. The number of hydrogen-bond donors (Lipinski definition) is 1. The summed E-state index contributed by atoms with van der Waals surface area (Å²) >= 11 is 25.5. The van der Waals surface area contributed by atoms with Gasteiger partial charge in [0.05, 0.1) is 7.11 Å². The predicted octanol–water partition coefficient (Wildman–Crippen LogP) is 4.80. The van der Waals surface area contributed by atoms with Crippen LogP contribution in [0, 0.1) is 0 Å². The molecule has 8 heteroatoms. The van der Waals surface area contributed by atoms with Gasteiger partial charge < -0.3 is 9.84 Å². The van der Waals surface area contributed by atoms with Crippen LogP contribution in [0.3, 0.4) is 0 Å². The Morgan fingerprint density at radius 1 is 1.22 bits per heavy atom. The van der Waals surface area contributed by atoms with E-state index >= 15 is 0 Å². The largest absolute Gasteiger partial charge is 0.508 e. The molecule has 0 unspecified atom stereocenters. The number of fused-ring (bicyclic) bond motifs is 1. The number of carbonyl (C=O) groups excluding carboxylic acids is 2. The van der Waals surface area contributed by atoms with E-state index in [2.05, 4.69) is 6.58 Å². The van der Waals surface area contributed by atoms with Crippen LogP contribution in [0.4, 0.5) is 0 Å². The first-order valence-electron chi connectivity index (χ1n) is 7.85. The lowest BCUT2D eigenvalue weighted by Gasteiger charge is -2.50. The molecule has 4 nitrogen and oxygen atoms in total. The van der Waals surface area contributed by atoms with Crippen LogP contribution in [0.1, 0.15) is 17.9 Å². The van der Waals surface area contributed by atoms with Crippen molar-refractivity contribution < 1.29 is 19.4 Å². The highest BCUT2D eigenvalue weighted by molar-refractivity contribution is 6.66. The van der Waals surface area contributed by atoms with Crippen molar-refractivity contribution in [2.75, 3.05) is 7.11 Å². The van der Waals surface area contributed by atoms with Crippen LogP contribution < -0.4 is 4.74 Å². The molecule has 142 valence electrons. The van der Waals surface area contributed by atoms with Crippen molar-refractivity contribution in [2.24, 2.45) is 0 Å². The van der Waals surface area contributed by atoms with E-state index in [4.69, 9.17) is 51.1 Å². The lowest BCUT2D eigenvalue weighted by Crippen LogP contribution is -2.64. The minimum Gasteiger partial charge on any atom is -0.508 e. The molecule has 0 amide bonds. The van der Waals surface area contributed by atoms with Gasteiger partial charge in [0.25, 0.3) is 0 Å². The number of aromatic hydroxyl groups is 1. The number of ketones is 2. The van der Waals surface area contributed by atoms with Gasteiger partial charge in [0.15, 0.2) is 11.6 Å². The average Bonchev–Trinajstić information content (AvgIpc) is 2.67. The lowest BCUT2D eigenvalue weighted by atomic mass is 9.62. The summed E-state index contributed by atoms with van der Waals surface area (Å²) in [6, 6.07) is 4.47. The van der Waals surface area contributed by atoms with Crippen LogP contribution >= 0.6 is 46.4 Å². The van der Waals surface area contributed by atoms with Crippen LogP contribution in [0.25, 0.3) is 0 Å². The number of Topliss-reactive ketones (excluding diaryl/α,β-unsaturated/α-hetero) is 2. The van der Waals surface area contributed by atoms with Gasteiger partial charge in [-0.05, 0) is 30.2 Å². The van der Waals surface area contributed by atoms with E-state index in [1.165, 1.54) is 25.3 Å². The fourth-order valence-corrected chi connectivity index (χ4v) is 5.02. The number of halogens is 4. The molecule has 2 aliphatic rings. The van der Waals surface area contributed by atoms with E-state index in [1.54, 1.807) is 12.1 Å². The molecule has 1 aromatic carbocycles. The van der Waals surface area contributed by atoms with Gasteiger partial charge in [0.2, 0.25) is 0 Å². The number of carbonyl (C=O) groups is 2. The molecule has 0 heterocycles. The number of alkyl halides is 2. The monoisotopic (exact) mass is 446 g/mol. The van der Waals surface area contributed by atoms with E-state index in [-0.39, 0.29) is 17.7 Å². The zero-order valence-electron chi connectivity index (χ0n) is 14.1. The maximum Gasteiger partial charge on any atom is 0.199 e. The van der Waals surface area contributed by atoms with Crippen molar-refractivity contribution in [1.29, 1.82) is 0 Å². The van der Waals surface area contributed by atoms with E-state index in [1.807, 2.05) is 0 Å². The van der Waals surface area contributed by atoms with Gasteiger partial charge in [-0.2, -0.15) is 0 Å². The summed E-state index contributed by atoms with van der Waals surface area (Å²) in [5, 5.41) is 9.54. The van der Waals surface area contributed by atoms with E-state index < -0.39 is 37.3 Å². The Bertz CT molecular complexity index is 936. The number of hydrogen-bond acceptors (Lipinski definition) is 4. The maximum absolute atomic E-state index is 13.1. The van der Waals surface area contributed by atoms with Crippen LogP contribution in [0.2, 0.25) is 0 Å². The number of phenols is 1. The van der Waals surface area contributed by atoms with Crippen LogP contribution in [-0.2, 0) is 9.59 Å². The second-order valence-electron chi connectivity index (χ2n) is 6.27. The Morgan fingerprint density at radius 3 is 2.44 bits per heavy atom. The molecule has 27 heavy (non-hydrogen) atoms. The number of rotatable bonds is 3. The van der Waals surface area contributed by atoms with Gasteiger partial charge in [-0.25, -0.2) is 0 Å². The summed E-state index contributed by atoms with van der Waals surface area (Å²) in [4.78, 5) is 22.1.